The standard InChI is InChI=1S/C15H15BrF3NO/c1-9(2)7-20-8-10(5-14(21)15(17,18)19)12-4-3-11(16)6-13(12)20/h3-4,6,8-9H,5,7H2,1-2H3. The van der Waals surface area contributed by atoms with Crippen molar-refractivity contribution >= 4 is 32.6 Å². The summed E-state index contributed by atoms with van der Waals surface area (Å²) in [6, 6.07) is 5.37. The van der Waals surface area contributed by atoms with Gasteiger partial charge < -0.3 is 4.57 Å². The fraction of sp³-hybridized carbons (Fsp3) is 0.400. The van der Waals surface area contributed by atoms with Gasteiger partial charge in [-0.3, -0.25) is 4.79 Å². The first kappa shape index (κ1) is 16.1. The second kappa shape index (κ2) is 5.83. The van der Waals surface area contributed by atoms with Gasteiger partial charge in [-0.25, -0.2) is 0 Å². The molecule has 0 saturated heterocycles. The maximum absolute atomic E-state index is 12.5. The van der Waals surface area contributed by atoms with Gasteiger partial charge in [-0.05, 0) is 23.6 Å². The van der Waals surface area contributed by atoms with Crippen LogP contribution in [0.2, 0.25) is 0 Å². The van der Waals surface area contributed by atoms with Gasteiger partial charge in [0.25, 0.3) is 0 Å². The average Bonchev–Trinajstić information content (AvgIpc) is 2.65. The zero-order chi connectivity index (χ0) is 15.8. The predicted octanol–water partition coefficient (Wildman–Crippen LogP) is 4.73. The molecule has 0 radical (unpaired) electrons. The number of Topliss-reactive ketones (excluding diaryl/α,β-unsaturated/α-hetero) is 1. The van der Waals surface area contributed by atoms with Crippen LogP contribution in [-0.2, 0) is 17.8 Å². The summed E-state index contributed by atoms with van der Waals surface area (Å²) in [4.78, 5) is 11.2. The molecule has 2 nitrogen and oxygen atoms in total. The van der Waals surface area contributed by atoms with Crippen LogP contribution in [0.1, 0.15) is 19.4 Å². The molecule has 1 heterocycles. The molecule has 0 aliphatic heterocycles. The first-order valence-corrected chi connectivity index (χ1v) is 7.35. The highest BCUT2D eigenvalue weighted by Gasteiger charge is 2.38. The van der Waals surface area contributed by atoms with Crippen molar-refractivity contribution in [3.63, 3.8) is 0 Å². The Bertz CT molecular complexity index is 673. The van der Waals surface area contributed by atoms with E-state index in [2.05, 4.69) is 15.9 Å². The third kappa shape index (κ3) is 3.67. The number of alkyl halides is 3. The Morgan fingerprint density at radius 1 is 1.33 bits per heavy atom. The van der Waals surface area contributed by atoms with Gasteiger partial charge in [0.2, 0.25) is 5.78 Å². The van der Waals surface area contributed by atoms with Crippen LogP contribution >= 0.6 is 15.9 Å². The van der Waals surface area contributed by atoms with Crippen LogP contribution < -0.4 is 0 Å². The van der Waals surface area contributed by atoms with E-state index in [0.29, 0.717) is 23.4 Å². The van der Waals surface area contributed by atoms with E-state index in [1.807, 2.05) is 24.5 Å². The van der Waals surface area contributed by atoms with Gasteiger partial charge in [0.1, 0.15) is 0 Å². The minimum absolute atomic E-state index is 0.353. The monoisotopic (exact) mass is 361 g/mol. The molecule has 0 amide bonds. The van der Waals surface area contributed by atoms with Crippen molar-refractivity contribution in [1.82, 2.24) is 4.57 Å². The fourth-order valence-corrected chi connectivity index (χ4v) is 2.65. The van der Waals surface area contributed by atoms with E-state index in [0.717, 1.165) is 9.99 Å². The molecule has 0 aliphatic rings. The Morgan fingerprint density at radius 3 is 2.57 bits per heavy atom. The van der Waals surface area contributed by atoms with Gasteiger partial charge in [-0.1, -0.05) is 35.8 Å². The van der Waals surface area contributed by atoms with E-state index in [-0.39, 0.29) is 0 Å². The lowest BCUT2D eigenvalue weighted by molar-refractivity contribution is -0.170. The third-order valence-corrected chi connectivity index (χ3v) is 3.65. The Kier molecular flexibility index (Phi) is 4.46. The number of hydrogen-bond acceptors (Lipinski definition) is 1. The molecule has 6 heteroatoms. The number of aromatic nitrogens is 1. The lowest BCUT2D eigenvalue weighted by atomic mass is 10.1. The van der Waals surface area contributed by atoms with E-state index in [4.69, 9.17) is 0 Å². The van der Waals surface area contributed by atoms with Crippen molar-refractivity contribution in [3.05, 3.63) is 34.4 Å². The number of halogens is 4. The van der Waals surface area contributed by atoms with Crippen molar-refractivity contribution in [3.8, 4) is 0 Å². The fourth-order valence-electron chi connectivity index (χ4n) is 2.30. The summed E-state index contributed by atoms with van der Waals surface area (Å²) in [5.74, 6) is -1.36. The number of fused-ring (bicyclic) bond motifs is 1. The lowest BCUT2D eigenvalue weighted by Gasteiger charge is -2.08. The number of hydrogen-bond donors (Lipinski definition) is 0. The molecule has 0 aliphatic carbocycles. The molecule has 1 aromatic heterocycles. The summed E-state index contributed by atoms with van der Waals surface area (Å²) in [6.07, 6.45) is -3.75. The summed E-state index contributed by atoms with van der Waals surface area (Å²) >= 11 is 3.36. The minimum atomic E-state index is -4.79. The molecule has 1 aromatic carbocycles. The van der Waals surface area contributed by atoms with Gasteiger partial charge in [0.15, 0.2) is 0 Å². The molecular weight excluding hydrogens is 347 g/mol. The summed E-state index contributed by atoms with van der Waals surface area (Å²) in [6.45, 7) is 4.75. The predicted molar refractivity (Wildman–Crippen MR) is 79.2 cm³/mol. The van der Waals surface area contributed by atoms with E-state index < -0.39 is 18.4 Å². The van der Waals surface area contributed by atoms with Crippen molar-refractivity contribution in [2.45, 2.75) is 33.0 Å². The normalized spacial score (nSPS) is 12.3. The minimum Gasteiger partial charge on any atom is -0.347 e. The number of carbonyl (C=O) groups excluding carboxylic acids is 1. The maximum Gasteiger partial charge on any atom is 0.450 e. The molecule has 2 aromatic rings. The van der Waals surface area contributed by atoms with Crippen LogP contribution in [0.3, 0.4) is 0 Å². The van der Waals surface area contributed by atoms with Gasteiger partial charge in [-0.15, -0.1) is 0 Å². The smallest absolute Gasteiger partial charge is 0.347 e. The Hall–Kier alpha value is -1.30. The highest BCUT2D eigenvalue weighted by molar-refractivity contribution is 9.10. The molecule has 0 spiro atoms. The quantitative estimate of drug-likeness (QED) is 0.771. The van der Waals surface area contributed by atoms with Crippen LogP contribution in [0.4, 0.5) is 13.2 Å². The van der Waals surface area contributed by atoms with Crippen LogP contribution in [-0.4, -0.2) is 16.5 Å². The van der Waals surface area contributed by atoms with Gasteiger partial charge in [0, 0.05) is 34.5 Å². The Labute approximate surface area is 129 Å². The largest absolute Gasteiger partial charge is 0.450 e. The van der Waals surface area contributed by atoms with Crippen LogP contribution in [0.25, 0.3) is 10.9 Å². The molecule has 0 saturated carbocycles. The number of nitrogens with zero attached hydrogens (tertiary/aromatic N) is 1. The van der Waals surface area contributed by atoms with Crippen LogP contribution in [0.5, 0.6) is 0 Å². The van der Waals surface area contributed by atoms with Gasteiger partial charge in [0.05, 0.1) is 0 Å². The maximum atomic E-state index is 12.5. The SMILES string of the molecule is CC(C)Cn1cc(CC(=O)C(F)(F)F)c2ccc(Br)cc21. The third-order valence-electron chi connectivity index (χ3n) is 3.16. The number of carbonyl (C=O) groups is 1. The summed E-state index contributed by atoms with van der Waals surface area (Å²) in [7, 11) is 0. The number of rotatable bonds is 4. The van der Waals surface area contributed by atoms with Crippen LogP contribution in [0, 0.1) is 5.92 Å². The molecular formula is C15H15BrF3NO. The summed E-state index contributed by atoms with van der Waals surface area (Å²) in [5.41, 5.74) is 1.25. The lowest BCUT2D eigenvalue weighted by Crippen LogP contribution is -2.24. The van der Waals surface area contributed by atoms with E-state index in [1.165, 1.54) is 0 Å². The molecule has 0 N–H and O–H groups in total. The average molecular weight is 362 g/mol. The van der Waals surface area contributed by atoms with Crippen molar-refractivity contribution in [2.75, 3.05) is 0 Å². The van der Waals surface area contributed by atoms with Gasteiger partial charge in [-0.2, -0.15) is 13.2 Å². The topological polar surface area (TPSA) is 22.0 Å². The van der Waals surface area contributed by atoms with E-state index in [9.17, 15) is 18.0 Å². The zero-order valence-electron chi connectivity index (χ0n) is 11.7. The van der Waals surface area contributed by atoms with Gasteiger partial charge >= 0.3 is 6.18 Å². The van der Waals surface area contributed by atoms with E-state index in [1.54, 1.807) is 18.3 Å². The molecule has 0 bridgehead atoms. The second-order valence-corrected chi connectivity index (χ2v) is 6.38. The second-order valence-electron chi connectivity index (χ2n) is 5.46. The number of benzene rings is 1. The van der Waals surface area contributed by atoms with E-state index >= 15 is 0 Å². The molecule has 0 unspecified atom stereocenters. The highest BCUT2D eigenvalue weighted by atomic mass is 79.9. The highest BCUT2D eigenvalue weighted by Crippen LogP contribution is 2.28. The van der Waals surface area contributed by atoms with Crippen molar-refractivity contribution in [2.24, 2.45) is 5.92 Å². The molecule has 21 heavy (non-hydrogen) atoms. The summed E-state index contributed by atoms with van der Waals surface area (Å²) in [5, 5.41) is 0.691. The summed E-state index contributed by atoms with van der Waals surface area (Å²) < 4.78 is 40.1. The molecule has 0 fully saturated rings. The first-order chi connectivity index (χ1) is 9.68. The Morgan fingerprint density at radius 2 is 2.00 bits per heavy atom. The van der Waals surface area contributed by atoms with Crippen molar-refractivity contribution < 1.29 is 18.0 Å². The molecule has 2 rings (SSSR count). The number of ketones is 1. The van der Waals surface area contributed by atoms with Crippen LogP contribution in [0.15, 0.2) is 28.9 Å². The molecule has 0 atom stereocenters. The Balaban J connectivity index is 2.47. The molecule has 114 valence electrons. The van der Waals surface area contributed by atoms with Crippen molar-refractivity contribution in [1.29, 1.82) is 0 Å². The first-order valence-electron chi connectivity index (χ1n) is 6.55. The zero-order valence-corrected chi connectivity index (χ0v) is 13.3.